The van der Waals surface area contributed by atoms with Crippen molar-refractivity contribution in [2.75, 3.05) is 34.4 Å². The summed E-state index contributed by atoms with van der Waals surface area (Å²) < 4.78 is 16.2. The molecule has 2 rings (SSSR count). The number of ether oxygens (including phenoxy) is 3. The molecule has 1 fully saturated rings. The van der Waals surface area contributed by atoms with Crippen LogP contribution in [0.25, 0.3) is 0 Å². The van der Waals surface area contributed by atoms with Gasteiger partial charge in [-0.3, -0.25) is 4.79 Å². The van der Waals surface area contributed by atoms with E-state index in [1.165, 1.54) is 38.5 Å². The van der Waals surface area contributed by atoms with Crippen LogP contribution in [0.15, 0.2) is 12.1 Å². The minimum Gasteiger partial charge on any atom is -0.493 e. The summed E-state index contributed by atoms with van der Waals surface area (Å²) in [4.78, 5) is 12.2. The normalized spacial score (nSPS) is 15.1. The standard InChI is InChI=1S/C21H34N2O4/c1-25-18-12-10-16(20(26-2)21(18)27-3)11-13-19(24)23-15-14-22-17-8-6-4-5-7-9-17/h10,12,17,22H,4-9,11,13-15H2,1-3H3,(H,23,24). The minimum atomic E-state index is 0.0505. The fourth-order valence-electron chi connectivity index (χ4n) is 3.66. The van der Waals surface area contributed by atoms with Crippen molar-refractivity contribution in [3.8, 4) is 17.2 Å². The van der Waals surface area contributed by atoms with Crippen LogP contribution in [0.4, 0.5) is 0 Å². The molecule has 0 bridgehead atoms. The van der Waals surface area contributed by atoms with E-state index >= 15 is 0 Å². The highest BCUT2D eigenvalue weighted by molar-refractivity contribution is 5.76. The highest BCUT2D eigenvalue weighted by Gasteiger charge is 2.16. The van der Waals surface area contributed by atoms with Crippen molar-refractivity contribution in [2.24, 2.45) is 0 Å². The molecular formula is C21H34N2O4. The third-order valence-electron chi connectivity index (χ3n) is 5.14. The summed E-state index contributed by atoms with van der Waals surface area (Å²) in [5.41, 5.74) is 0.932. The molecule has 1 aliphatic carbocycles. The highest BCUT2D eigenvalue weighted by atomic mass is 16.5. The van der Waals surface area contributed by atoms with Crippen molar-refractivity contribution in [3.63, 3.8) is 0 Å². The van der Waals surface area contributed by atoms with Crippen LogP contribution in [0.3, 0.4) is 0 Å². The van der Waals surface area contributed by atoms with Gasteiger partial charge in [0.15, 0.2) is 11.5 Å². The number of benzene rings is 1. The lowest BCUT2D eigenvalue weighted by molar-refractivity contribution is -0.121. The van der Waals surface area contributed by atoms with Crippen molar-refractivity contribution in [3.05, 3.63) is 17.7 Å². The van der Waals surface area contributed by atoms with Crippen molar-refractivity contribution >= 4 is 5.91 Å². The number of amides is 1. The first-order valence-electron chi connectivity index (χ1n) is 9.97. The smallest absolute Gasteiger partial charge is 0.220 e. The fourth-order valence-corrected chi connectivity index (χ4v) is 3.66. The van der Waals surface area contributed by atoms with Gasteiger partial charge in [0.05, 0.1) is 21.3 Å². The van der Waals surface area contributed by atoms with E-state index in [2.05, 4.69) is 10.6 Å². The molecule has 1 aliphatic rings. The van der Waals surface area contributed by atoms with Gasteiger partial charge >= 0.3 is 0 Å². The molecule has 0 heterocycles. The Balaban J connectivity index is 1.75. The lowest BCUT2D eigenvalue weighted by atomic mass is 10.1. The van der Waals surface area contributed by atoms with E-state index in [1.807, 2.05) is 12.1 Å². The molecule has 1 aromatic rings. The Hall–Kier alpha value is -1.95. The maximum atomic E-state index is 12.2. The predicted octanol–water partition coefficient (Wildman–Crippen LogP) is 3.07. The zero-order valence-corrected chi connectivity index (χ0v) is 16.9. The summed E-state index contributed by atoms with van der Waals surface area (Å²) in [7, 11) is 4.77. The fraction of sp³-hybridized carbons (Fsp3) is 0.667. The molecular weight excluding hydrogens is 344 g/mol. The summed E-state index contributed by atoms with van der Waals surface area (Å²) >= 11 is 0. The van der Waals surface area contributed by atoms with Gasteiger partial charge in [-0.1, -0.05) is 31.7 Å². The van der Waals surface area contributed by atoms with Crippen molar-refractivity contribution in [2.45, 2.75) is 57.4 Å². The molecule has 0 aliphatic heterocycles. The Morgan fingerprint density at radius 2 is 1.67 bits per heavy atom. The molecule has 0 aromatic heterocycles. The van der Waals surface area contributed by atoms with Gasteiger partial charge in [0.2, 0.25) is 11.7 Å². The summed E-state index contributed by atoms with van der Waals surface area (Å²) in [6, 6.07) is 4.37. The average molecular weight is 379 g/mol. The summed E-state index contributed by atoms with van der Waals surface area (Å²) in [6.07, 6.45) is 8.86. The number of nitrogens with one attached hydrogen (secondary N) is 2. The van der Waals surface area contributed by atoms with Crippen LogP contribution in [0.1, 0.15) is 50.5 Å². The quantitative estimate of drug-likeness (QED) is 0.484. The zero-order chi connectivity index (χ0) is 19.5. The first kappa shape index (κ1) is 21.4. The number of carbonyl (C=O) groups excluding carboxylic acids is 1. The highest BCUT2D eigenvalue weighted by Crippen LogP contribution is 2.40. The second kappa shape index (κ2) is 11.7. The van der Waals surface area contributed by atoms with Crippen LogP contribution < -0.4 is 24.8 Å². The minimum absolute atomic E-state index is 0.0505. The van der Waals surface area contributed by atoms with E-state index in [4.69, 9.17) is 14.2 Å². The monoisotopic (exact) mass is 378 g/mol. The second-order valence-electron chi connectivity index (χ2n) is 6.99. The third kappa shape index (κ3) is 6.61. The molecule has 27 heavy (non-hydrogen) atoms. The predicted molar refractivity (Wildman–Crippen MR) is 107 cm³/mol. The number of rotatable bonds is 10. The van der Waals surface area contributed by atoms with Crippen LogP contribution in [0, 0.1) is 0 Å². The van der Waals surface area contributed by atoms with Crippen molar-refractivity contribution in [1.82, 2.24) is 10.6 Å². The number of methoxy groups -OCH3 is 3. The van der Waals surface area contributed by atoms with Crippen LogP contribution in [-0.4, -0.2) is 46.4 Å². The van der Waals surface area contributed by atoms with Gasteiger partial charge in [-0.25, -0.2) is 0 Å². The van der Waals surface area contributed by atoms with Gasteiger partial charge in [0.25, 0.3) is 0 Å². The molecule has 152 valence electrons. The SMILES string of the molecule is COc1ccc(CCC(=O)NCCNC2CCCCCC2)c(OC)c1OC. The van der Waals surface area contributed by atoms with Gasteiger partial charge in [-0.05, 0) is 30.9 Å². The van der Waals surface area contributed by atoms with Crippen LogP contribution in [0.5, 0.6) is 17.2 Å². The largest absolute Gasteiger partial charge is 0.493 e. The lowest BCUT2D eigenvalue weighted by Gasteiger charge is -2.17. The molecule has 1 aromatic carbocycles. The van der Waals surface area contributed by atoms with E-state index in [1.54, 1.807) is 21.3 Å². The number of hydrogen-bond acceptors (Lipinski definition) is 5. The van der Waals surface area contributed by atoms with Gasteiger partial charge in [0.1, 0.15) is 0 Å². The van der Waals surface area contributed by atoms with E-state index < -0.39 is 0 Å². The Bertz CT molecular complexity index is 584. The van der Waals surface area contributed by atoms with E-state index in [9.17, 15) is 4.79 Å². The van der Waals surface area contributed by atoms with E-state index in [-0.39, 0.29) is 5.91 Å². The molecule has 6 nitrogen and oxygen atoms in total. The van der Waals surface area contributed by atoms with Crippen LogP contribution in [0.2, 0.25) is 0 Å². The van der Waals surface area contributed by atoms with Gasteiger partial charge in [-0.15, -0.1) is 0 Å². The van der Waals surface area contributed by atoms with Crippen molar-refractivity contribution in [1.29, 1.82) is 0 Å². The molecule has 1 saturated carbocycles. The lowest BCUT2D eigenvalue weighted by Crippen LogP contribution is -2.36. The van der Waals surface area contributed by atoms with Crippen molar-refractivity contribution < 1.29 is 19.0 Å². The maximum absolute atomic E-state index is 12.2. The summed E-state index contributed by atoms with van der Waals surface area (Å²) in [5, 5.41) is 6.57. The molecule has 6 heteroatoms. The molecule has 0 unspecified atom stereocenters. The first-order chi connectivity index (χ1) is 13.2. The van der Waals surface area contributed by atoms with Gasteiger partial charge in [0, 0.05) is 25.6 Å². The number of carbonyl (C=O) groups is 1. The van der Waals surface area contributed by atoms with Crippen LogP contribution >= 0.6 is 0 Å². The molecule has 2 N–H and O–H groups in total. The molecule has 1 amide bonds. The second-order valence-corrected chi connectivity index (χ2v) is 6.99. The third-order valence-corrected chi connectivity index (χ3v) is 5.14. The molecule has 0 spiro atoms. The summed E-state index contributed by atoms with van der Waals surface area (Å²) in [5.74, 6) is 1.85. The maximum Gasteiger partial charge on any atom is 0.220 e. The van der Waals surface area contributed by atoms with E-state index in [0.29, 0.717) is 42.7 Å². The first-order valence-corrected chi connectivity index (χ1v) is 9.97. The topological polar surface area (TPSA) is 68.8 Å². The Morgan fingerprint density at radius 3 is 2.30 bits per heavy atom. The number of aryl methyl sites for hydroxylation is 1. The Morgan fingerprint density at radius 1 is 0.963 bits per heavy atom. The molecule has 0 radical (unpaired) electrons. The summed E-state index contributed by atoms with van der Waals surface area (Å²) in [6.45, 7) is 1.49. The van der Waals surface area contributed by atoms with E-state index in [0.717, 1.165) is 12.1 Å². The number of hydrogen-bond donors (Lipinski definition) is 2. The molecule has 0 saturated heterocycles. The zero-order valence-electron chi connectivity index (χ0n) is 16.9. The van der Waals surface area contributed by atoms with Crippen LogP contribution in [-0.2, 0) is 11.2 Å². The Kier molecular flexibility index (Phi) is 9.25. The molecule has 0 atom stereocenters. The average Bonchev–Trinajstić information content (AvgIpc) is 2.97. The van der Waals surface area contributed by atoms with Gasteiger partial charge < -0.3 is 24.8 Å². The Labute approximate surface area is 163 Å². The van der Waals surface area contributed by atoms with Gasteiger partial charge in [-0.2, -0.15) is 0 Å².